The molecule has 1 saturated heterocycles. The highest BCUT2D eigenvalue weighted by molar-refractivity contribution is 6.04. The number of amides is 4. The van der Waals surface area contributed by atoms with Crippen molar-refractivity contribution in [1.29, 1.82) is 0 Å². The molecule has 0 aliphatic carbocycles. The number of likely N-dealkylation sites (N-methyl/N-ethyl adjacent to an activating group) is 1. The first kappa shape index (κ1) is 36.5. The zero-order valence-electron chi connectivity index (χ0n) is 28.2. The monoisotopic (exact) mass is 678 g/mol. The lowest BCUT2D eigenvalue weighted by Gasteiger charge is -2.44. The van der Waals surface area contributed by atoms with Crippen molar-refractivity contribution < 1.29 is 46.2 Å². The third-order valence-corrected chi connectivity index (χ3v) is 8.35. The van der Waals surface area contributed by atoms with Crippen LogP contribution in [0.5, 0.6) is 5.75 Å². The number of fused-ring (bicyclic) bond motifs is 1. The van der Waals surface area contributed by atoms with Crippen molar-refractivity contribution in [3.63, 3.8) is 0 Å². The molecule has 0 radical (unpaired) electrons. The molecule has 2 aliphatic heterocycles. The maximum Gasteiger partial charge on any atom is 0.410 e. The van der Waals surface area contributed by atoms with Crippen molar-refractivity contribution in [3.05, 3.63) is 58.7 Å². The van der Waals surface area contributed by atoms with Crippen LogP contribution in [0.3, 0.4) is 0 Å². The van der Waals surface area contributed by atoms with E-state index in [-0.39, 0.29) is 68.5 Å². The fourth-order valence-electron chi connectivity index (χ4n) is 6.02. The lowest BCUT2D eigenvalue weighted by Crippen LogP contribution is -2.56. The Hall–Kier alpha value is -4.36. The van der Waals surface area contributed by atoms with Crippen molar-refractivity contribution in [2.45, 2.75) is 84.5 Å². The summed E-state index contributed by atoms with van der Waals surface area (Å²) in [5.41, 5.74) is -2.74. The second-order valence-electron chi connectivity index (χ2n) is 13.3. The molecule has 2 aromatic carbocycles. The number of piperidine rings is 1. The van der Waals surface area contributed by atoms with Crippen LogP contribution < -0.4 is 15.0 Å². The molecule has 0 aromatic heterocycles. The molecule has 2 aromatic rings. The smallest absolute Gasteiger partial charge is 0.410 e. The van der Waals surface area contributed by atoms with Gasteiger partial charge in [0.15, 0.2) is 17.2 Å². The number of carbonyl (C=O) groups excluding carboxylic acids is 4. The number of hydrogen-bond donors (Lipinski definition) is 1. The minimum Gasteiger partial charge on any atom is -0.476 e. The summed E-state index contributed by atoms with van der Waals surface area (Å²) in [6, 6.07) is 2.34. The molecule has 262 valence electrons. The number of nitrogens with zero attached hydrogens (tertiary/aromatic N) is 3. The number of ether oxygens (including phenoxy) is 2. The van der Waals surface area contributed by atoms with Gasteiger partial charge in [-0.2, -0.15) is 0 Å². The highest BCUT2D eigenvalue weighted by atomic mass is 19.2. The van der Waals surface area contributed by atoms with Crippen LogP contribution in [-0.2, 0) is 14.3 Å². The van der Waals surface area contributed by atoms with Gasteiger partial charge in [0, 0.05) is 57.2 Å². The van der Waals surface area contributed by atoms with Crippen LogP contribution in [-0.4, -0.2) is 83.6 Å². The van der Waals surface area contributed by atoms with E-state index in [1.54, 1.807) is 34.6 Å². The van der Waals surface area contributed by atoms with Crippen LogP contribution in [0.15, 0.2) is 24.3 Å². The molecule has 48 heavy (non-hydrogen) atoms. The lowest BCUT2D eigenvalue weighted by atomic mass is 9.83. The van der Waals surface area contributed by atoms with Gasteiger partial charge in [0.2, 0.25) is 5.91 Å². The Morgan fingerprint density at radius 1 is 1.02 bits per heavy atom. The van der Waals surface area contributed by atoms with Gasteiger partial charge in [0.1, 0.15) is 23.0 Å². The molecular formula is C34H42F4N4O6. The molecule has 1 N–H and O–H groups in total. The summed E-state index contributed by atoms with van der Waals surface area (Å²) >= 11 is 0. The molecule has 1 fully saturated rings. The van der Waals surface area contributed by atoms with Gasteiger partial charge < -0.3 is 29.5 Å². The number of anilines is 1. The number of benzene rings is 2. The van der Waals surface area contributed by atoms with Gasteiger partial charge in [-0.05, 0) is 65.7 Å². The second kappa shape index (κ2) is 14.0. The van der Waals surface area contributed by atoms with Crippen molar-refractivity contribution in [3.8, 4) is 5.75 Å². The number of rotatable bonds is 8. The number of hydrogen-bond acceptors (Lipinski definition) is 6. The van der Waals surface area contributed by atoms with Gasteiger partial charge in [-0.1, -0.05) is 6.92 Å². The van der Waals surface area contributed by atoms with Crippen LogP contribution in [0, 0.1) is 23.3 Å². The molecule has 14 heteroatoms. The van der Waals surface area contributed by atoms with E-state index in [0.29, 0.717) is 6.07 Å². The Balaban J connectivity index is 1.76. The quantitative estimate of drug-likeness (QED) is 0.291. The average molecular weight is 679 g/mol. The molecular weight excluding hydrogens is 636 g/mol. The molecule has 0 saturated carbocycles. The van der Waals surface area contributed by atoms with E-state index in [1.165, 1.54) is 34.6 Å². The maximum atomic E-state index is 15.8. The van der Waals surface area contributed by atoms with Gasteiger partial charge in [0.25, 0.3) is 11.8 Å². The van der Waals surface area contributed by atoms with Crippen LogP contribution in [0.2, 0.25) is 0 Å². The highest BCUT2D eigenvalue weighted by Crippen LogP contribution is 2.41. The Kier molecular flexibility index (Phi) is 10.6. The Labute approximate surface area is 277 Å². The van der Waals surface area contributed by atoms with E-state index in [4.69, 9.17) is 9.47 Å². The summed E-state index contributed by atoms with van der Waals surface area (Å²) in [5, 5.41) is 2.69. The molecule has 0 unspecified atom stereocenters. The lowest BCUT2D eigenvalue weighted by molar-refractivity contribution is -0.132. The standard InChI is InChI=1S/C34H42F4N4O6/c1-8-29(43)39-11-13-42-26-15-21(23(36)17-28(26)47-34(6,7)31(42)45)30(44)41(9-2)27-18-40(32(46)48-33(3,4)5)12-10-19(27)20-14-24(37)25(38)16-22(20)35/h14-17,19,27H,8-13,18H2,1-7H3,(H,39,43)/t19-,27+/m1/s1. The van der Waals surface area contributed by atoms with E-state index >= 15 is 8.78 Å². The third kappa shape index (κ3) is 7.68. The fourth-order valence-corrected chi connectivity index (χ4v) is 6.02. The normalized spacial score (nSPS) is 18.9. The average Bonchev–Trinajstić information content (AvgIpc) is 3.00. The Morgan fingerprint density at radius 3 is 2.31 bits per heavy atom. The minimum atomic E-state index is -1.38. The summed E-state index contributed by atoms with van der Waals surface area (Å²) in [5.74, 6) is -7.11. The predicted octanol–water partition coefficient (Wildman–Crippen LogP) is 5.53. The van der Waals surface area contributed by atoms with E-state index in [2.05, 4.69) is 5.32 Å². The Bertz CT molecular complexity index is 1590. The van der Waals surface area contributed by atoms with E-state index in [9.17, 15) is 28.0 Å². The molecule has 2 heterocycles. The minimum absolute atomic E-state index is 0.00603. The molecule has 4 rings (SSSR count). The summed E-state index contributed by atoms with van der Waals surface area (Å²) in [4.78, 5) is 56.5. The molecule has 0 spiro atoms. The molecule has 10 nitrogen and oxygen atoms in total. The number of nitrogens with one attached hydrogen (secondary N) is 1. The summed E-state index contributed by atoms with van der Waals surface area (Å²) < 4.78 is 70.6. The van der Waals surface area contributed by atoms with Crippen LogP contribution in [0.25, 0.3) is 0 Å². The number of likely N-dealkylation sites (tertiary alicyclic amines) is 1. The van der Waals surface area contributed by atoms with Crippen molar-refractivity contribution in [1.82, 2.24) is 15.1 Å². The molecule has 2 aliphatic rings. The fraction of sp³-hybridized carbons (Fsp3) is 0.529. The van der Waals surface area contributed by atoms with Crippen molar-refractivity contribution >= 4 is 29.5 Å². The SMILES string of the molecule is CCC(=O)NCCN1C(=O)C(C)(C)Oc2cc(F)c(C(=O)N(CC)[C@H]3CN(C(=O)OC(C)(C)C)CC[C@@H]3c3cc(F)c(F)cc3F)cc21. The third-order valence-electron chi connectivity index (χ3n) is 8.35. The first-order valence-corrected chi connectivity index (χ1v) is 15.9. The highest BCUT2D eigenvalue weighted by Gasteiger charge is 2.44. The zero-order valence-corrected chi connectivity index (χ0v) is 28.2. The first-order valence-electron chi connectivity index (χ1n) is 15.9. The van der Waals surface area contributed by atoms with Gasteiger partial charge in [-0.3, -0.25) is 14.4 Å². The topological polar surface area (TPSA) is 108 Å². The first-order chi connectivity index (χ1) is 22.4. The largest absolute Gasteiger partial charge is 0.476 e. The van der Waals surface area contributed by atoms with Crippen molar-refractivity contribution in [2.24, 2.45) is 0 Å². The molecule has 0 bridgehead atoms. The Morgan fingerprint density at radius 2 is 1.69 bits per heavy atom. The molecule has 2 atom stereocenters. The van der Waals surface area contributed by atoms with Crippen LogP contribution >= 0.6 is 0 Å². The van der Waals surface area contributed by atoms with Crippen molar-refractivity contribution in [2.75, 3.05) is 37.6 Å². The predicted molar refractivity (Wildman–Crippen MR) is 169 cm³/mol. The van der Waals surface area contributed by atoms with E-state index in [1.807, 2.05) is 0 Å². The summed E-state index contributed by atoms with van der Waals surface area (Å²) in [7, 11) is 0. The number of halogens is 4. The second-order valence-corrected chi connectivity index (χ2v) is 13.3. The van der Waals surface area contributed by atoms with Gasteiger partial charge in [-0.25, -0.2) is 22.4 Å². The maximum absolute atomic E-state index is 15.8. The van der Waals surface area contributed by atoms with Crippen LogP contribution in [0.4, 0.5) is 28.0 Å². The summed E-state index contributed by atoms with van der Waals surface area (Å²) in [6.07, 6.45) is -0.404. The zero-order chi connectivity index (χ0) is 35.7. The molecule has 4 amide bonds. The number of carbonyl (C=O) groups is 4. The van der Waals surface area contributed by atoms with E-state index in [0.717, 1.165) is 12.1 Å². The summed E-state index contributed by atoms with van der Waals surface area (Å²) in [6.45, 7) is 11.3. The van der Waals surface area contributed by atoms with Crippen LogP contribution in [0.1, 0.15) is 83.1 Å². The van der Waals surface area contributed by atoms with Gasteiger partial charge in [-0.15, -0.1) is 0 Å². The van der Waals surface area contributed by atoms with Gasteiger partial charge >= 0.3 is 6.09 Å². The van der Waals surface area contributed by atoms with E-state index < -0.39 is 69.9 Å². The van der Waals surface area contributed by atoms with Gasteiger partial charge in [0.05, 0.1) is 17.3 Å².